The van der Waals surface area contributed by atoms with Gasteiger partial charge in [0.2, 0.25) is 0 Å². The number of hydrogen-bond acceptors (Lipinski definition) is 3. The summed E-state index contributed by atoms with van der Waals surface area (Å²) in [5, 5.41) is 0. The van der Waals surface area contributed by atoms with E-state index in [0.717, 1.165) is 18.3 Å². The minimum atomic E-state index is -0.347. The molecule has 2 rings (SSSR count). The van der Waals surface area contributed by atoms with E-state index in [2.05, 4.69) is 20.7 Å². The molecule has 0 spiro atoms. The Kier molecular flexibility index (Phi) is 3.49. The third kappa shape index (κ3) is 2.76. The number of hydrogen-bond donors (Lipinski definition) is 0. The molecule has 0 heterocycles. The van der Waals surface area contributed by atoms with E-state index >= 15 is 0 Å². The first-order valence-electron chi connectivity index (χ1n) is 5.21. The Balaban J connectivity index is 2.05. The van der Waals surface area contributed by atoms with Gasteiger partial charge in [-0.15, -0.1) is 0 Å². The van der Waals surface area contributed by atoms with Gasteiger partial charge in [0, 0.05) is 4.47 Å². The van der Waals surface area contributed by atoms with Crippen LogP contribution in [0.2, 0.25) is 0 Å². The van der Waals surface area contributed by atoms with Gasteiger partial charge in [-0.1, -0.05) is 0 Å². The van der Waals surface area contributed by atoms with E-state index in [1.807, 2.05) is 0 Å². The lowest BCUT2D eigenvalue weighted by Crippen LogP contribution is -2.03. The molecule has 1 aliphatic carbocycles. The third-order valence-electron chi connectivity index (χ3n) is 2.53. The minimum Gasteiger partial charge on any atom is -0.493 e. The molecule has 4 heteroatoms. The van der Waals surface area contributed by atoms with Gasteiger partial charge in [-0.3, -0.25) is 0 Å². The molecule has 0 aliphatic heterocycles. The van der Waals surface area contributed by atoms with Crippen LogP contribution in [0.25, 0.3) is 0 Å². The maximum atomic E-state index is 11.3. The van der Waals surface area contributed by atoms with E-state index in [4.69, 9.17) is 4.74 Å². The molecule has 1 aromatic carbocycles. The average Bonchev–Trinajstić information content (AvgIpc) is 3.09. The summed E-state index contributed by atoms with van der Waals surface area (Å²) in [6.07, 6.45) is 2.53. The molecule has 86 valence electrons. The number of carbonyl (C=O) groups excluding carboxylic acids is 1. The van der Waals surface area contributed by atoms with Crippen molar-refractivity contribution in [2.75, 3.05) is 13.7 Å². The molecule has 0 unspecified atom stereocenters. The Morgan fingerprint density at radius 1 is 1.50 bits per heavy atom. The van der Waals surface area contributed by atoms with Crippen LogP contribution in [0.3, 0.4) is 0 Å². The maximum absolute atomic E-state index is 11.3. The fourth-order valence-electron chi connectivity index (χ4n) is 1.36. The topological polar surface area (TPSA) is 35.5 Å². The largest absolute Gasteiger partial charge is 0.493 e. The monoisotopic (exact) mass is 284 g/mol. The molecule has 1 saturated carbocycles. The SMILES string of the molecule is COC(=O)c1ccc(OCC2CC2)cc1Br. The maximum Gasteiger partial charge on any atom is 0.339 e. The van der Waals surface area contributed by atoms with Crippen LogP contribution < -0.4 is 4.74 Å². The van der Waals surface area contributed by atoms with Crippen molar-refractivity contribution in [3.05, 3.63) is 28.2 Å². The number of ether oxygens (including phenoxy) is 2. The van der Waals surface area contributed by atoms with Crippen LogP contribution in [0.1, 0.15) is 23.2 Å². The predicted octanol–water partition coefficient (Wildman–Crippen LogP) is 3.02. The quantitative estimate of drug-likeness (QED) is 0.798. The van der Waals surface area contributed by atoms with Gasteiger partial charge in [-0.25, -0.2) is 4.79 Å². The van der Waals surface area contributed by atoms with Crippen LogP contribution in [0.5, 0.6) is 5.75 Å². The van der Waals surface area contributed by atoms with Crippen LogP contribution in [0.15, 0.2) is 22.7 Å². The highest BCUT2D eigenvalue weighted by Gasteiger charge is 2.22. The van der Waals surface area contributed by atoms with Crippen molar-refractivity contribution in [3.63, 3.8) is 0 Å². The highest BCUT2D eigenvalue weighted by atomic mass is 79.9. The van der Waals surface area contributed by atoms with Crippen LogP contribution >= 0.6 is 15.9 Å². The molecule has 1 fully saturated rings. The third-order valence-corrected chi connectivity index (χ3v) is 3.18. The molecule has 16 heavy (non-hydrogen) atoms. The molecule has 1 aromatic rings. The minimum absolute atomic E-state index is 0.347. The van der Waals surface area contributed by atoms with Crippen molar-refractivity contribution in [2.24, 2.45) is 5.92 Å². The molecule has 0 bridgehead atoms. The van der Waals surface area contributed by atoms with Crippen molar-refractivity contribution in [1.82, 2.24) is 0 Å². The smallest absolute Gasteiger partial charge is 0.339 e. The zero-order chi connectivity index (χ0) is 11.5. The molecule has 3 nitrogen and oxygen atoms in total. The second-order valence-corrected chi connectivity index (χ2v) is 4.74. The number of rotatable bonds is 4. The molecular formula is C12H13BrO3. The Morgan fingerprint density at radius 2 is 2.25 bits per heavy atom. The van der Waals surface area contributed by atoms with Gasteiger partial charge in [-0.2, -0.15) is 0 Å². The molecule has 0 aromatic heterocycles. The summed E-state index contributed by atoms with van der Waals surface area (Å²) < 4.78 is 11.0. The Bertz CT molecular complexity index is 399. The predicted molar refractivity (Wildman–Crippen MR) is 63.7 cm³/mol. The second-order valence-electron chi connectivity index (χ2n) is 3.89. The summed E-state index contributed by atoms with van der Waals surface area (Å²) in [5.74, 6) is 1.16. The lowest BCUT2D eigenvalue weighted by atomic mass is 10.2. The molecule has 1 aliphatic rings. The van der Waals surface area contributed by atoms with Crippen LogP contribution in [-0.4, -0.2) is 19.7 Å². The second kappa shape index (κ2) is 4.87. The molecule has 0 N–H and O–H groups in total. The average molecular weight is 285 g/mol. The van der Waals surface area contributed by atoms with Crippen molar-refractivity contribution in [1.29, 1.82) is 0 Å². The van der Waals surface area contributed by atoms with Crippen molar-refractivity contribution in [3.8, 4) is 5.75 Å². The van der Waals surface area contributed by atoms with Gasteiger partial charge < -0.3 is 9.47 Å². The number of esters is 1. The Labute approximate surface area is 103 Å². The van der Waals surface area contributed by atoms with Gasteiger partial charge in [0.05, 0.1) is 19.3 Å². The first-order valence-corrected chi connectivity index (χ1v) is 6.00. The zero-order valence-electron chi connectivity index (χ0n) is 9.03. The summed E-state index contributed by atoms with van der Waals surface area (Å²) in [4.78, 5) is 11.3. The fraction of sp³-hybridized carbons (Fsp3) is 0.417. The number of carbonyl (C=O) groups is 1. The first-order chi connectivity index (χ1) is 7.70. The number of methoxy groups -OCH3 is 1. The van der Waals surface area contributed by atoms with Gasteiger partial charge >= 0.3 is 5.97 Å². The highest BCUT2D eigenvalue weighted by molar-refractivity contribution is 9.10. The standard InChI is InChI=1S/C12H13BrO3/c1-15-12(14)10-5-4-9(6-11(10)13)16-7-8-2-3-8/h4-6,8H,2-3,7H2,1H3. The van der Waals surface area contributed by atoms with Crippen molar-refractivity contribution < 1.29 is 14.3 Å². The van der Waals surface area contributed by atoms with Crippen molar-refractivity contribution >= 4 is 21.9 Å². The molecule has 0 atom stereocenters. The van der Waals surface area contributed by atoms with Crippen LogP contribution in [-0.2, 0) is 4.74 Å². The normalized spacial score (nSPS) is 14.6. The summed E-state index contributed by atoms with van der Waals surface area (Å²) in [6, 6.07) is 5.30. The molecular weight excluding hydrogens is 272 g/mol. The van der Waals surface area contributed by atoms with Crippen LogP contribution in [0.4, 0.5) is 0 Å². The van der Waals surface area contributed by atoms with Crippen LogP contribution in [0, 0.1) is 5.92 Å². The van der Waals surface area contributed by atoms with Gasteiger partial charge in [0.1, 0.15) is 5.75 Å². The van der Waals surface area contributed by atoms with E-state index in [1.165, 1.54) is 20.0 Å². The summed E-state index contributed by atoms with van der Waals surface area (Å²) in [6.45, 7) is 0.768. The van der Waals surface area contributed by atoms with E-state index < -0.39 is 0 Å². The van der Waals surface area contributed by atoms with E-state index in [0.29, 0.717) is 10.0 Å². The molecule has 0 amide bonds. The lowest BCUT2D eigenvalue weighted by molar-refractivity contribution is 0.0599. The van der Waals surface area contributed by atoms with Gasteiger partial charge in [-0.05, 0) is 52.9 Å². The summed E-state index contributed by atoms with van der Waals surface area (Å²) in [5.41, 5.74) is 0.515. The molecule has 0 radical (unpaired) electrons. The lowest BCUT2D eigenvalue weighted by Gasteiger charge is -2.07. The highest BCUT2D eigenvalue weighted by Crippen LogP contribution is 2.30. The summed E-state index contributed by atoms with van der Waals surface area (Å²) >= 11 is 3.33. The first kappa shape index (κ1) is 11.5. The van der Waals surface area contributed by atoms with E-state index in [9.17, 15) is 4.79 Å². The fourth-order valence-corrected chi connectivity index (χ4v) is 1.88. The Morgan fingerprint density at radius 3 is 2.81 bits per heavy atom. The van der Waals surface area contributed by atoms with E-state index in [1.54, 1.807) is 18.2 Å². The van der Waals surface area contributed by atoms with E-state index in [-0.39, 0.29) is 5.97 Å². The van der Waals surface area contributed by atoms with Gasteiger partial charge in [0.15, 0.2) is 0 Å². The van der Waals surface area contributed by atoms with Crippen molar-refractivity contribution in [2.45, 2.75) is 12.8 Å². The molecule has 0 saturated heterocycles. The zero-order valence-corrected chi connectivity index (χ0v) is 10.6. The number of benzene rings is 1. The summed E-state index contributed by atoms with van der Waals surface area (Å²) in [7, 11) is 1.37. The van der Waals surface area contributed by atoms with Gasteiger partial charge in [0.25, 0.3) is 0 Å². The Hall–Kier alpha value is -1.03. The number of halogens is 1.